The molecule has 1 aromatic carbocycles. The Morgan fingerprint density at radius 2 is 1.96 bits per heavy atom. The number of hydrogen-bond acceptors (Lipinski definition) is 6. The largest absolute Gasteiger partial charge is 0.444 e. The summed E-state index contributed by atoms with van der Waals surface area (Å²) < 4.78 is 13.4. The molecule has 0 unspecified atom stereocenters. The van der Waals surface area contributed by atoms with Crippen molar-refractivity contribution in [2.75, 3.05) is 13.1 Å². The van der Waals surface area contributed by atoms with Crippen molar-refractivity contribution in [3.8, 4) is 5.95 Å². The van der Waals surface area contributed by atoms with Gasteiger partial charge in [-0.2, -0.15) is 14.8 Å². The van der Waals surface area contributed by atoms with Crippen LogP contribution in [-0.4, -0.2) is 49.6 Å². The summed E-state index contributed by atoms with van der Waals surface area (Å²) in [6.07, 6.45) is 1.24. The zero-order valence-corrected chi connectivity index (χ0v) is 17.6. The lowest BCUT2D eigenvalue weighted by atomic mass is 9.97. The van der Waals surface area contributed by atoms with Gasteiger partial charge in [0, 0.05) is 24.4 Å². The van der Waals surface area contributed by atoms with Gasteiger partial charge >= 0.3 is 6.09 Å². The number of halogens is 1. The first-order chi connectivity index (χ1) is 13.3. The summed E-state index contributed by atoms with van der Waals surface area (Å²) in [6.45, 7) is 6.82. The predicted molar refractivity (Wildman–Crippen MR) is 106 cm³/mol. The first-order valence-corrected chi connectivity index (χ1v) is 10.1. The smallest absolute Gasteiger partial charge is 0.410 e. The van der Waals surface area contributed by atoms with Crippen molar-refractivity contribution in [1.82, 2.24) is 24.8 Å². The summed E-state index contributed by atoms with van der Waals surface area (Å²) in [6, 6.07) is 7.85. The molecule has 8 nitrogen and oxygen atoms in total. The molecule has 2 aromatic heterocycles. The minimum absolute atomic E-state index is 0.116. The molecule has 0 aliphatic carbocycles. The quantitative estimate of drug-likeness (QED) is 0.582. The second kappa shape index (κ2) is 7.20. The fourth-order valence-electron chi connectivity index (χ4n) is 3.30. The Kier molecular flexibility index (Phi) is 4.86. The third-order valence-corrected chi connectivity index (χ3v) is 5.24. The number of likely N-dealkylation sites (tertiary alicyclic amines) is 1. The van der Waals surface area contributed by atoms with Crippen molar-refractivity contribution < 1.29 is 14.1 Å². The highest BCUT2D eigenvalue weighted by molar-refractivity contribution is 9.10. The SMILES string of the molecule is CC(C)(C)OC(=O)N1CCC(c2nc(-n3nc(Br)c4ccccc43)no2)CC1. The van der Waals surface area contributed by atoms with E-state index in [4.69, 9.17) is 9.26 Å². The van der Waals surface area contributed by atoms with Crippen LogP contribution in [0.15, 0.2) is 33.4 Å². The lowest BCUT2D eigenvalue weighted by Gasteiger charge is -2.32. The zero-order valence-electron chi connectivity index (χ0n) is 16.1. The number of aromatic nitrogens is 4. The number of nitrogens with zero attached hydrogens (tertiary/aromatic N) is 5. The van der Waals surface area contributed by atoms with Gasteiger partial charge in [-0.15, -0.1) is 0 Å². The van der Waals surface area contributed by atoms with E-state index in [-0.39, 0.29) is 12.0 Å². The van der Waals surface area contributed by atoms with E-state index in [0.717, 1.165) is 28.3 Å². The van der Waals surface area contributed by atoms with Gasteiger partial charge in [0.05, 0.1) is 5.52 Å². The van der Waals surface area contributed by atoms with E-state index >= 15 is 0 Å². The number of carbonyl (C=O) groups excluding carboxylic acids is 1. The maximum Gasteiger partial charge on any atom is 0.410 e. The molecule has 0 radical (unpaired) electrons. The van der Waals surface area contributed by atoms with Crippen LogP contribution in [0.4, 0.5) is 4.79 Å². The molecule has 1 aliphatic heterocycles. The van der Waals surface area contributed by atoms with Gasteiger partial charge in [-0.1, -0.05) is 18.2 Å². The average molecular weight is 448 g/mol. The minimum atomic E-state index is -0.490. The van der Waals surface area contributed by atoms with Gasteiger partial charge in [0.25, 0.3) is 5.95 Å². The lowest BCUT2D eigenvalue weighted by molar-refractivity contribution is 0.0198. The lowest BCUT2D eigenvalue weighted by Crippen LogP contribution is -2.41. The summed E-state index contributed by atoms with van der Waals surface area (Å²) >= 11 is 3.47. The number of piperidine rings is 1. The summed E-state index contributed by atoms with van der Waals surface area (Å²) in [7, 11) is 0. The normalized spacial score (nSPS) is 15.9. The van der Waals surface area contributed by atoms with Crippen LogP contribution in [0.5, 0.6) is 0 Å². The molecule has 0 bridgehead atoms. The van der Waals surface area contributed by atoms with Crippen molar-refractivity contribution in [1.29, 1.82) is 0 Å². The van der Waals surface area contributed by atoms with Gasteiger partial charge in [0.2, 0.25) is 5.89 Å². The Morgan fingerprint density at radius 3 is 2.68 bits per heavy atom. The molecule has 0 N–H and O–H groups in total. The first kappa shape index (κ1) is 18.9. The van der Waals surface area contributed by atoms with Crippen molar-refractivity contribution >= 4 is 32.9 Å². The number of ether oxygens (including phenoxy) is 1. The van der Waals surface area contributed by atoms with E-state index in [9.17, 15) is 4.79 Å². The maximum atomic E-state index is 12.2. The standard InChI is InChI=1S/C19H22BrN5O3/c1-19(2,3)27-18(26)24-10-8-12(9-11-24)16-21-17(23-28-16)25-14-7-5-4-6-13(14)15(20)22-25/h4-7,12H,8-11H2,1-3H3. The second-order valence-corrected chi connectivity index (χ2v) is 8.65. The van der Waals surface area contributed by atoms with Crippen molar-refractivity contribution in [3.63, 3.8) is 0 Å². The van der Waals surface area contributed by atoms with Crippen LogP contribution in [-0.2, 0) is 4.74 Å². The number of amides is 1. The molecule has 4 rings (SSSR count). The predicted octanol–water partition coefficient (Wildman–Crippen LogP) is 4.29. The molecule has 1 amide bonds. The average Bonchev–Trinajstić information content (AvgIpc) is 3.26. The third kappa shape index (κ3) is 3.76. The number of benzene rings is 1. The molecule has 0 spiro atoms. The van der Waals surface area contributed by atoms with Crippen LogP contribution >= 0.6 is 15.9 Å². The fraction of sp³-hybridized carbons (Fsp3) is 0.474. The Hall–Kier alpha value is -2.42. The molecular weight excluding hydrogens is 426 g/mol. The Bertz CT molecular complexity index is 999. The molecule has 148 valence electrons. The number of rotatable bonds is 2. The fourth-order valence-corrected chi connectivity index (χ4v) is 3.79. The Balaban J connectivity index is 1.46. The molecule has 1 fully saturated rings. The summed E-state index contributed by atoms with van der Waals surface area (Å²) in [4.78, 5) is 18.5. The Labute approximate surface area is 171 Å². The van der Waals surface area contributed by atoms with Gasteiger partial charge in [0.1, 0.15) is 10.2 Å². The molecule has 9 heteroatoms. The van der Waals surface area contributed by atoms with Crippen LogP contribution in [0.3, 0.4) is 0 Å². The molecule has 0 saturated carbocycles. The van der Waals surface area contributed by atoms with Crippen molar-refractivity contribution in [3.05, 3.63) is 34.8 Å². The first-order valence-electron chi connectivity index (χ1n) is 9.27. The van der Waals surface area contributed by atoms with Crippen LogP contribution in [0.25, 0.3) is 16.9 Å². The number of para-hydroxylation sites is 1. The topological polar surface area (TPSA) is 86.3 Å². The van der Waals surface area contributed by atoms with E-state index < -0.39 is 5.60 Å². The van der Waals surface area contributed by atoms with Gasteiger partial charge in [-0.3, -0.25) is 0 Å². The molecule has 3 heterocycles. The highest BCUT2D eigenvalue weighted by Crippen LogP contribution is 2.29. The van der Waals surface area contributed by atoms with Crippen LogP contribution < -0.4 is 0 Å². The highest BCUT2D eigenvalue weighted by Gasteiger charge is 2.30. The minimum Gasteiger partial charge on any atom is -0.444 e. The van der Waals surface area contributed by atoms with E-state index in [1.165, 1.54) is 0 Å². The van der Waals surface area contributed by atoms with Gasteiger partial charge in [-0.05, 0) is 60.8 Å². The monoisotopic (exact) mass is 447 g/mol. The zero-order chi connectivity index (χ0) is 19.9. The van der Waals surface area contributed by atoms with Gasteiger partial charge in [-0.25, -0.2) is 4.79 Å². The molecule has 3 aromatic rings. The summed E-state index contributed by atoms with van der Waals surface area (Å²) in [5, 5.41) is 9.57. The van der Waals surface area contributed by atoms with E-state index in [2.05, 4.69) is 31.2 Å². The molecule has 1 aliphatic rings. The van der Waals surface area contributed by atoms with E-state index in [1.54, 1.807) is 9.58 Å². The maximum absolute atomic E-state index is 12.2. The van der Waals surface area contributed by atoms with Gasteiger partial charge in [0.15, 0.2) is 0 Å². The molecule has 0 atom stereocenters. The van der Waals surface area contributed by atoms with E-state index in [1.807, 2.05) is 45.0 Å². The molecule has 1 saturated heterocycles. The van der Waals surface area contributed by atoms with E-state index in [0.29, 0.717) is 24.9 Å². The Morgan fingerprint density at radius 1 is 1.25 bits per heavy atom. The molecular formula is C19H22BrN5O3. The van der Waals surface area contributed by atoms with Gasteiger partial charge < -0.3 is 14.2 Å². The summed E-state index contributed by atoms with van der Waals surface area (Å²) in [5.74, 6) is 1.10. The van der Waals surface area contributed by atoms with Crippen LogP contribution in [0.2, 0.25) is 0 Å². The van der Waals surface area contributed by atoms with Crippen LogP contribution in [0.1, 0.15) is 45.4 Å². The molecule has 28 heavy (non-hydrogen) atoms. The van der Waals surface area contributed by atoms with Crippen molar-refractivity contribution in [2.45, 2.75) is 45.1 Å². The van der Waals surface area contributed by atoms with Crippen molar-refractivity contribution in [2.24, 2.45) is 0 Å². The summed E-state index contributed by atoms with van der Waals surface area (Å²) in [5.41, 5.74) is 0.414. The third-order valence-electron chi connectivity index (χ3n) is 4.66. The second-order valence-electron chi connectivity index (χ2n) is 7.89. The number of carbonyl (C=O) groups is 1. The number of hydrogen-bond donors (Lipinski definition) is 0. The number of fused-ring (bicyclic) bond motifs is 1. The highest BCUT2D eigenvalue weighted by atomic mass is 79.9. The van der Waals surface area contributed by atoms with Crippen LogP contribution in [0, 0.1) is 0 Å².